The number of benzene rings is 1. The highest BCUT2D eigenvalue weighted by Gasteiger charge is 2.04. The van der Waals surface area contributed by atoms with Crippen molar-refractivity contribution in [1.29, 1.82) is 0 Å². The summed E-state index contributed by atoms with van der Waals surface area (Å²) < 4.78 is 13.3. The first-order chi connectivity index (χ1) is 7.18. The maximum absolute atomic E-state index is 13.3. The minimum Gasteiger partial charge on any atom is -0.264 e. The lowest BCUT2D eigenvalue weighted by Gasteiger charge is -2.02. The zero-order chi connectivity index (χ0) is 11.4. The molecule has 2 rings (SSSR count). The molecular weight excluding hydrogens is 213 g/mol. The quantitative estimate of drug-likeness (QED) is 0.649. The fourth-order valence-electron chi connectivity index (χ4n) is 1.34. The van der Waals surface area contributed by atoms with Crippen molar-refractivity contribution < 1.29 is 4.39 Å². The van der Waals surface area contributed by atoms with Crippen molar-refractivity contribution in [1.82, 2.24) is 4.98 Å². The third kappa shape index (κ3) is 2.45. The number of hydrogen-bond donors (Lipinski definition) is 0. The highest BCUT2D eigenvalue weighted by molar-refractivity contribution is 6.31. The Morgan fingerprint density at radius 1 is 1.13 bits per heavy atom. The third-order valence-corrected chi connectivity index (χ3v) is 2.21. The summed E-state index contributed by atoms with van der Waals surface area (Å²) in [4.78, 5) is 3.92. The molecule has 3 heteroatoms. The van der Waals surface area contributed by atoms with Crippen molar-refractivity contribution in [3.8, 4) is 0 Å². The molecular formula is C12H13ClFN. The van der Waals surface area contributed by atoms with Gasteiger partial charge in [-0.15, -0.1) is 0 Å². The lowest BCUT2D eigenvalue weighted by molar-refractivity contribution is 0.639. The number of hydrogen-bond acceptors (Lipinski definition) is 1. The molecule has 0 spiro atoms. The van der Waals surface area contributed by atoms with E-state index in [9.17, 15) is 4.39 Å². The minimum absolute atomic E-state index is 0.321. The van der Waals surface area contributed by atoms with Crippen LogP contribution in [-0.2, 0) is 0 Å². The van der Waals surface area contributed by atoms with Gasteiger partial charge in [-0.2, -0.15) is 0 Å². The van der Waals surface area contributed by atoms with Gasteiger partial charge in [0.2, 0.25) is 0 Å². The van der Waals surface area contributed by atoms with Crippen LogP contribution in [0.1, 0.15) is 19.4 Å². The van der Waals surface area contributed by atoms with Gasteiger partial charge in [-0.05, 0) is 30.0 Å². The fraction of sp³-hybridized carbons (Fsp3) is 0.250. The van der Waals surface area contributed by atoms with E-state index in [1.807, 2.05) is 20.8 Å². The zero-order valence-corrected chi connectivity index (χ0v) is 9.77. The maximum Gasteiger partial charge on any atom is 0.134 e. The van der Waals surface area contributed by atoms with Gasteiger partial charge < -0.3 is 0 Å². The summed E-state index contributed by atoms with van der Waals surface area (Å²) in [7, 11) is 0. The first-order valence-electron chi connectivity index (χ1n) is 4.88. The van der Waals surface area contributed by atoms with Crippen LogP contribution in [0.15, 0.2) is 24.5 Å². The Morgan fingerprint density at radius 3 is 2.47 bits per heavy atom. The van der Waals surface area contributed by atoms with Gasteiger partial charge in [-0.1, -0.05) is 25.4 Å². The molecule has 1 nitrogen and oxygen atoms in total. The van der Waals surface area contributed by atoms with Crippen LogP contribution in [0.5, 0.6) is 0 Å². The second-order valence-electron chi connectivity index (χ2n) is 2.94. The Balaban J connectivity index is 0.000000531. The van der Waals surface area contributed by atoms with Crippen molar-refractivity contribution >= 4 is 22.4 Å². The number of fused-ring (bicyclic) bond motifs is 1. The van der Waals surface area contributed by atoms with E-state index >= 15 is 0 Å². The van der Waals surface area contributed by atoms with Crippen LogP contribution < -0.4 is 0 Å². The van der Waals surface area contributed by atoms with Gasteiger partial charge in [-0.3, -0.25) is 4.98 Å². The normalized spacial score (nSPS) is 9.67. The summed E-state index contributed by atoms with van der Waals surface area (Å²) in [6.07, 6.45) is 3.20. The molecule has 0 aliphatic heterocycles. The van der Waals surface area contributed by atoms with Gasteiger partial charge >= 0.3 is 0 Å². The Bertz CT molecular complexity index is 468. The van der Waals surface area contributed by atoms with E-state index in [2.05, 4.69) is 4.98 Å². The smallest absolute Gasteiger partial charge is 0.134 e. The summed E-state index contributed by atoms with van der Waals surface area (Å²) in [5.74, 6) is -0.321. The van der Waals surface area contributed by atoms with Crippen LogP contribution in [0, 0.1) is 12.7 Å². The van der Waals surface area contributed by atoms with Crippen LogP contribution in [0.3, 0.4) is 0 Å². The highest BCUT2D eigenvalue weighted by Crippen LogP contribution is 2.24. The summed E-state index contributed by atoms with van der Waals surface area (Å²) in [5.41, 5.74) is 0.930. The predicted molar refractivity (Wildman–Crippen MR) is 62.8 cm³/mol. The zero-order valence-electron chi connectivity index (χ0n) is 9.01. The number of nitrogens with zero attached hydrogens (tertiary/aromatic N) is 1. The number of halogens is 2. The molecule has 1 aromatic heterocycles. The van der Waals surface area contributed by atoms with E-state index < -0.39 is 0 Å². The van der Waals surface area contributed by atoms with E-state index in [4.69, 9.17) is 11.6 Å². The summed E-state index contributed by atoms with van der Waals surface area (Å²) >= 11 is 5.74. The highest BCUT2D eigenvalue weighted by atomic mass is 35.5. The molecule has 0 radical (unpaired) electrons. The minimum atomic E-state index is -0.321. The van der Waals surface area contributed by atoms with Gasteiger partial charge in [-0.25, -0.2) is 4.39 Å². The van der Waals surface area contributed by atoms with Crippen molar-refractivity contribution in [2.45, 2.75) is 20.8 Å². The first kappa shape index (κ1) is 11.9. The van der Waals surface area contributed by atoms with Crippen molar-refractivity contribution in [2.24, 2.45) is 0 Å². The van der Waals surface area contributed by atoms with Crippen molar-refractivity contribution in [3.05, 3.63) is 40.9 Å². The maximum atomic E-state index is 13.3. The second kappa shape index (κ2) is 5.08. The summed E-state index contributed by atoms with van der Waals surface area (Å²) in [6.45, 7) is 5.88. The molecule has 1 heterocycles. The average molecular weight is 226 g/mol. The molecule has 0 amide bonds. The van der Waals surface area contributed by atoms with Gasteiger partial charge in [0.25, 0.3) is 0 Å². The molecule has 0 atom stereocenters. The first-order valence-corrected chi connectivity index (χ1v) is 5.25. The summed E-state index contributed by atoms with van der Waals surface area (Å²) in [6, 6.07) is 3.04. The topological polar surface area (TPSA) is 12.9 Å². The van der Waals surface area contributed by atoms with E-state index in [-0.39, 0.29) is 5.82 Å². The van der Waals surface area contributed by atoms with E-state index in [0.29, 0.717) is 10.4 Å². The van der Waals surface area contributed by atoms with Crippen LogP contribution in [0.4, 0.5) is 4.39 Å². The lowest BCUT2D eigenvalue weighted by atomic mass is 10.1. The molecule has 15 heavy (non-hydrogen) atoms. The Morgan fingerprint density at radius 2 is 1.80 bits per heavy atom. The summed E-state index contributed by atoms with van der Waals surface area (Å²) in [5, 5.41) is 1.75. The van der Waals surface area contributed by atoms with Gasteiger partial charge in [0.1, 0.15) is 5.82 Å². The number of rotatable bonds is 0. The van der Waals surface area contributed by atoms with E-state index in [1.54, 1.807) is 12.3 Å². The van der Waals surface area contributed by atoms with Gasteiger partial charge in [0, 0.05) is 22.8 Å². The fourth-order valence-corrected chi connectivity index (χ4v) is 1.54. The van der Waals surface area contributed by atoms with E-state index in [1.165, 1.54) is 12.3 Å². The van der Waals surface area contributed by atoms with Crippen LogP contribution >= 0.6 is 11.6 Å². The standard InChI is InChI=1S/C10H7ClFN.C2H6/c1-6-4-13-5-9-8(6)2-7(11)3-10(9)12;1-2/h2-5H,1H3;1-2H3. The molecule has 0 saturated heterocycles. The van der Waals surface area contributed by atoms with Crippen molar-refractivity contribution in [2.75, 3.05) is 0 Å². The number of pyridine rings is 1. The molecule has 1 aromatic carbocycles. The lowest BCUT2D eigenvalue weighted by Crippen LogP contribution is -1.85. The molecule has 0 fully saturated rings. The molecule has 0 aliphatic rings. The van der Waals surface area contributed by atoms with Gasteiger partial charge in [0.05, 0.1) is 0 Å². The molecule has 0 aliphatic carbocycles. The number of aromatic nitrogens is 1. The van der Waals surface area contributed by atoms with Crippen molar-refractivity contribution in [3.63, 3.8) is 0 Å². The van der Waals surface area contributed by atoms with Crippen LogP contribution in [-0.4, -0.2) is 4.98 Å². The molecule has 0 bridgehead atoms. The molecule has 0 unspecified atom stereocenters. The average Bonchev–Trinajstić information content (AvgIpc) is 2.23. The Labute approximate surface area is 93.9 Å². The predicted octanol–water partition coefficient (Wildman–Crippen LogP) is 4.36. The Kier molecular flexibility index (Phi) is 4.04. The van der Waals surface area contributed by atoms with Crippen LogP contribution in [0.2, 0.25) is 5.02 Å². The molecule has 0 saturated carbocycles. The SMILES string of the molecule is CC.Cc1cncc2c(F)cc(Cl)cc12. The van der Waals surface area contributed by atoms with Crippen LogP contribution in [0.25, 0.3) is 10.8 Å². The molecule has 0 N–H and O–H groups in total. The monoisotopic (exact) mass is 225 g/mol. The second-order valence-corrected chi connectivity index (χ2v) is 3.38. The van der Waals surface area contributed by atoms with Gasteiger partial charge in [0.15, 0.2) is 0 Å². The third-order valence-electron chi connectivity index (χ3n) is 1.99. The Hall–Kier alpha value is -1.15. The largest absolute Gasteiger partial charge is 0.264 e. The molecule has 2 aromatic rings. The van der Waals surface area contributed by atoms with E-state index in [0.717, 1.165) is 10.9 Å². The molecule has 80 valence electrons. The number of aryl methyl sites for hydroxylation is 1.